The first-order valence-electron chi connectivity index (χ1n) is 5.70. The van der Waals surface area contributed by atoms with E-state index in [1.165, 1.54) is 17.0 Å². The summed E-state index contributed by atoms with van der Waals surface area (Å²) in [6.45, 7) is 0.252. The smallest absolute Gasteiger partial charge is 0.308 e. The first-order chi connectivity index (χ1) is 9.01. The van der Waals surface area contributed by atoms with Gasteiger partial charge in [-0.25, -0.2) is 4.39 Å². The lowest BCUT2D eigenvalue weighted by Gasteiger charge is -2.16. The maximum atomic E-state index is 13.0. The predicted molar refractivity (Wildman–Crippen MR) is 62.3 cm³/mol. The number of aliphatic carboxylic acids is 1. The Morgan fingerprint density at radius 3 is 2.89 bits per heavy atom. The standard InChI is InChI=1S/C13H11FN2O3/c14-11-2-1-8(9(3-11)5-15)6-16-7-10(13(18)19)4-12(16)17/h1-3,10H,4,6-7H2,(H,18,19). The summed E-state index contributed by atoms with van der Waals surface area (Å²) in [4.78, 5) is 23.9. The largest absolute Gasteiger partial charge is 0.481 e. The number of carboxylic acids is 1. The molecular weight excluding hydrogens is 251 g/mol. The molecule has 6 heteroatoms. The van der Waals surface area contributed by atoms with Crippen LogP contribution in [-0.4, -0.2) is 28.4 Å². The van der Waals surface area contributed by atoms with Crippen LogP contribution in [0.15, 0.2) is 18.2 Å². The maximum absolute atomic E-state index is 13.0. The van der Waals surface area contributed by atoms with Crippen molar-refractivity contribution in [1.82, 2.24) is 4.90 Å². The van der Waals surface area contributed by atoms with Crippen molar-refractivity contribution in [2.24, 2.45) is 5.92 Å². The Morgan fingerprint density at radius 1 is 1.58 bits per heavy atom. The summed E-state index contributed by atoms with van der Waals surface area (Å²) >= 11 is 0. The fraction of sp³-hybridized carbons (Fsp3) is 0.308. The van der Waals surface area contributed by atoms with Gasteiger partial charge in [0, 0.05) is 19.5 Å². The number of hydrogen-bond acceptors (Lipinski definition) is 3. The minimum atomic E-state index is -1.00. The molecule has 1 aromatic rings. The SMILES string of the molecule is N#Cc1cc(F)ccc1CN1CC(C(=O)O)CC1=O. The van der Waals surface area contributed by atoms with Crippen molar-refractivity contribution in [3.8, 4) is 6.07 Å². The Balaban J connectivity index is 2.16. The topological polar surface area (TPSA) is 81.4 Å². The summed E-state index contributed by atoms with van der Waals surface area (Å²) in [6, 6.07) is 5.62. The number of carbonyl (C=O) groups is 2. The van der Waals surface area contributed by atoms with Crippen molar-refractivity contribution in [2.75, 3.05) is 6.54 Å². The van der Waals surface area contributed by atoms with E-state index >= 15 is 0 Å². The number of carboxylic acid groups (broad SMARTS) is 1. The summed E-state index contributed by atoms with van der Waals surface area (Å²) < 4.78 is 13.0. The highest BCUT2D eigenvalue weighted by atomic mass is 19.1. The Bertz CT molecular complexity index is 580. The molecule has 1 aromatic carbocycles. The van der Waals surface area contributed by atoms with Crippen molar-refractivity contribution >= 4 is 11.9 Å². The van der Waals surface area contributed by atoms with Crippen molar-refractivity contribution in [1.29, 1.82) is 5.26 Å². The minimum Gasteiger partial charge on any atom is -0.481 e. The zero-order chi connectivity index (χ0) is 14.0. The van der Waals surface area contributed by atoms with Crippen molar-refractivity contribution in [3.05, 3.63) is 35.1 Å². The Kier molecular flexibility index (Phi) is 3.47. The van der Waals surface area contributed by atoms with E-state index in [2.05, 4.69) is 0 Å². The highest BCUT2D eigenvalue weighted by molar-refractivity contribution is 5.86. The summed E-state index contributed by atoms with van der Waals surface area (Å²) in [5.41, 5.74) is 0.676. The number of hydrogen-bond donors (Lipinski definition) is 1. The molecule has 5 nitrogen and oxygen atoms in total. The van der Waals surface area contributed by atoms with Gasteiger partial charge in [-0.15, -0.1) is 0 Å². The molecule has 0 saturated carbocycles. The molecule has 98 valence electrons. The van der Waals surface area contributed by atoms with Crippen molar-refractivity contribution < 1.29 is 19.1 Å². The van der Waals surface area contributed by atoms with Crippen molar-refractivity contribution in [3.63, 3.8) is 0 Å². The molecule has 0 radical (unpaired) electrons. The number of likely N-dealkylation sites (tertiary alicyclic amines) is 1. The van der Waals surface area contributed by atoms with Gasteiger partial charge in [0.05, 0.1) is 17.6 Å². The van der Waals surface area contributed by atoms with Crippen LogP contribution in [0.25, 0.3) is 0 Å². The van der Waals surface area contributed by atoms with Gasteiger partial charge in [-0.3, -0.25) is 9.59 Å². The third kappa shape index (κ3) is 2.71. The Morgan fingerprint density at radius 2 is 2.32 bits per heavy atom. The van der Waals surface area contributed by atoms with E-state index in [0.29, 0.717) is 5.56 Å². The van der Waals surface area contributed by atoms with E-state index in [0.717, 1.165) is 6.07 Å². The average Bonchev–Trinajstić information content (AvgIpc) is 2.73. The van der Waals surface area contributed by atoms with E-state index in [-0.39, 0.29) is 31.0 Å². The van der Waals surface area contributed by atoms with E-state index < -0.39 is 17.7 Å². The zero-order valence-electron chi connectivity index (χ0n) is 9.97. The fourth-order valence-corrected chi connectivity index (χ4v) is 2.09. The van der Waals surface area contributed by atoms with Crippen LogP contribution in [0.2, 0.25) is 0 Å². The van der Waals surface area contributed by atoms with Gasteiger partial charge in [0.2, 0.25) is 5.91 Å². The summed E-state index contributed by atoms with van der Waals surface area (Å²) in [5, 5.41) is 17.8. The molecule has 0 bridgehead atoms. The first-order valence-corrected chi connectivity index (χ1v) is 5.70. The van der Waals surface area contributed by atoms with Gasteiger partial charge < -0.3 is 10.0 Å². The summed E-state index contributed by atoms with van der Waals surface area (Å²) in [6.07, 6.45) is -0.0294. The number of rotatable bonds is 3. The van der Waals surface area contributed by atoms with Crippen LogP contribution >= 0.6 is 0 Å². The van der Waals surface area contributed by atoms with Crippen LogP contribution < -0.4 is 0 Å². The van der Waals surface area contributed by atoms with Gasteiger partial charge in [-0.1, -0.05) is 6.07 Å². The molecule has 1 heterocycles. The highest BCUT2D eigenvalue weighted by Crippen LogP contribution is 2.21. The lowest BCUT2D eigenvalue weighted by Crippen LogP contribution is -2.26. The molecule has 19 heavy (non-hydrogen) atoms. The number of nitriles is 1. The Hall–Kier alpha value is -2.42. The number of halogens is 1. The lowest BCUT2D eigenvalue weighted by atomic mass is 10.1. The molecule has 0 aliphatic carbocycles. The molecule has 1 saturated heterocycles. The molecule has 1 unspecified atom stereocenters. The van der Waals surface area contributed by atoms with Gasteiger partial charge in [0.25, 0.3) is 0 Å². The second-order valence-corrected chi connectivity index (χ2v) is 4.43. The van der Waals surface area contributed by atoms with Crippen molar-refractivity contribution in [2.45, 2.75) is 13.0 Å². The molecule has 1 atom stereocenters. The molecule has 1 amide bonds. The van der Waals surface area contributed by atoms with Crippen LogP contribution in [0.5, 0.6) is 0 Å². The maximum Gasteiger partial charge on any atom is 0.308 e. The summed E-state index contributed by atoms with van der Waals surface area (Å²) in [7, 11) is 0. The second-order valence-electron chi connectivity index (χ2n) is 4.43. The summed E-state index contributed by atoms with van der Waals surface area (Å²) in [5.74, 6) is -2.49. The molecule has 0 spiro atoms. The number of benzene rings is 1. The van der Waals surface area contributed by atoms with Gasteiger partial charge in [-0.2, -0.15) is 5.26 Å². The van der Waals surface area contributed by atoms with Gasteiger partial charge in [-0.05, 0) is 17.7 Å². The third-order valence-electron chi connectivity index (χ3n) is 3.12. The predicted octanol–water partition coefficient (Wildman–Crippen LogP) is 1.13. The van der Waals surface area contributed by atoms with Gasteiger partial charge in [0.1, 0.15) is 5.82 Å². The highest BCUT2D eigenvalue weighted by Gasteiger charge is 2.34. The molecule has 1 aliphatic rings. The second kappa shape index (κ2) is 5.06. The molecule has 0 aromatic heterocycles. The van der Waals surface area contributed by atoms with E-state index in [9.17, 15) is 14.0 Å². The number of carbonyl (C=O) groups excluding carboxylic acids is 1. The minimum absolute atomic E-state index is 0.0294. The molecule has 2 rings (SSSR count). The van der Waals surface area contributed by atoms with E-state index in [1.54, 1.807) is 0 Å². The van der Waals surface area contributed by atoms with Gasteiger partial charge >= 0.3 is 5.97 Å². The van der Waals surface area contributed by atoms with Crippen LogP contribution in [0.3, 0.4) is 0 Å². The van der Waals surface area contributed by atoms with Crippen LogP contribution in [0.1, 0.15) is 17.5 Å². The average molecular weight is 262 g/mol. The van der Waals surface area contributed by atoms with Crippen LogP contribution in [-0.2, 0) is 16.1 Å². The number of nitrogens with zero attached hydrogens (tertiary/aromatic N) is 2. The number of amides is 1. The zero-order valence-corrected chi connectivity index (χ0v) is 9.97. The van der Waals surface area contributed by atoms with Gasteiger partial charge in [0.15, 0.2) is 0 Å². The molecule has 1 N–H and O–H groups in total. The third-order valence-corrected chi connectivity index (χ3v) is 3.12. The monoisotopic (exact) mass is 262 g/mol. The normalized spacial score (nSPS) is 18.4. The first kappa shape index (κ1) is 13.0. The molecule has 1 aliphatic heterocycles. The van der Waals surface area contributed by atoms with Crippen LogP contribution in [0, 0.1) is 23.1 Å². The van der Waals surface area contributed by atoms with Crippen LogP contribution in [0.4, 0.5) is 4.39 Å². The Labute approximate surface area is 108 Å². The van der Waals surface area contributed by atoms with E-state index in [1.807, 2.05) is 6.07 Å². The lowest BCUT2D eigenvalue weighted by molar-refractivity contribution is -0.141. The molecular formula is C13H11FN2O3. The molecule has 1 fully saturated rings. The quantitative estimate of drug-likeness (QED) is 0.885. The van der Waals surface area contributed by atoms with E-state index in [4.69, 9.17) is 10.4 Å². The fourth-order valence-electron chi connectivity index (χ4n) is 2.09.